The van der Waals surface area contributed by atoms with Gasteiger partial charge in [-0.25, -0.2) is 9.97 Å². The van der Waals surface area contributed by atoms with Gasteiger partial charge in [0.15, 0.2) is 0 Å². The highest BCUT2D eigenvalue weighted by atomic mass is 16.2. The second kappa shape index (κ2) is 9.43. The lowest BCUT2D eigenvalue weighted by molar-refractivity contribution is -0.118. The van der Waals surface area contributed by atoms with E-state index in [4.69, 9.17) is 9.97 Å². The van der Waals surface area contributed by atoms with Crippen LogP contribution in [0.25, 0.3) is 0 Å². The topological polar surface area (TPSA) is 67.2 Å². The van der Waals surface area contributed by atoms with Gasteiger partial charge in [0, 0.05) is 49.1 Å². The molecule has 0 saturated carbocycles. The van der Waals surface area contributed by atoms with E-state index in [-0.39, 0.29) is 11.9 Å². The number of aryl methyl sites for hydroxylation is 2. The van der Waals surface area contributed by atoms with Crippen molar-refractivity contribution in [1.29, 1.82) is 0 Å². The number of fused-ring (bicyclic) bond motifs is 1. The monoisotopic (exact) mass is 444 g/mol. The number of hydrogen-bond acceptors (Lipinski definition) is 5. The van der Waals surface area contributed by atoms with Gasteiger partial charge in [-0.05, 0) is 51.6 Å². The Hall–Kier alpha value is -3.06. The van der Waals surface area contributed by atoms with Gasteiger partial charge in [-0.3, -0.25) is 19.3 Å². The van der Waals surface area contributed by atoms with Crippen molar-refractivity contribution in [1.82, 2.24) is 24.6 Å². The van der Waals surface area contributed by atoms with Crippen molar-refractivity contribution in [3.05, 3.63) is 70.9 Å². The molecule has 3 aromatic rings. The Balaban J connectivity index is 1.40. The molecule has 1 fully saturated rings. The number of hydrogen-bond donors (Lipinski definition) is 0. The Morgan fingerprint density at radius 3 is 2.73 bits per heavy atom. The minimum absolute atomic E-state index is 0.165. The Labute approximate surface area is 195 Å². The van der Waals surface area contributed by atoms with Crippen molar-refractivity contribution < 1.29 is 4.79 Å². The van der Waals surface area contributed by atoms with E-state index in [1.165, 1.54) is 11.1 Å². The minimum Gasteiger partial charge on any atom is -0.296 e. The summed E-state index contributed by atoms with van der Waals surface area (Å²) >= 11 is 0. The molecular formula is C26H32N6O. The quantitative estimate of drug-likeness (QED) is 0.554. The molecule has 33 heavy (non-hydrogen) atoms. The zero-order valence-electron chi connectivity index (χ0n) is 19.6. The van der Waals surface area contributed by atoms with Gasteiger partial charge in [-0.15, -0.1) is 0 Å². The lowest BCUT2D eigenvalue weighted by Gasteiger charge is -2.31. The second-order valence-corrected chi connectivity index (χ2v) is 9.08. The highest BCUT2D eigenvalue weighted by molar-refractivity contribution is 5.95. The number of benzene rings is 1. The summed E-state index contributed by atoms with van der Waals surface area (Å²) in [6, 6.07) is 10.5. The molecule has 2 aromatic heterocycles. The summed E-state index contributed by atoms with van der Waals surface area (Å²) in [6.07, 6.45) is 8.33. The first-order valence-corrected chi connectivity index (χ1v) is 12.1. The van der Waals surface area contributed by atoms with Crippen LogP contribution in [0.4, 0.5) is 5.82 Å². The normalized spacial score (nSPS) is 18.7. The molecule has 0 aliphatic carbocycles. The lowest BCUT2D eigenvalue weighted by Crippen LogP contribution is -2.38. The average Bonchev–Trinajstić information content (AvgIpc) is 3.48. The van der Waals surface area contributed by atoms with Crippen LogP contribution in [-0.4, -0.2) is 43.6 Å². The van der Waals surface area contributed by atoms with E-state index in [2.05, 4.69) is 42.2 Å². The molecule has 1 saturated heterocycles. The van der Waals surface area contributed by atoms with Crippen LogP contribution < -0.4 is 4.90 Å². The van der Waals surface area contributed by atoms with Crippen molar-refractivity contribution in [2.24, 2.45) is 0 Å². The van der Waals surface area contributed by atoms with Crippen LogP contribution >= 0.6 is 0 Å². The van der Waals surface area contributed by atoms with E-state index in [1.807, 2.05) is 34.0 Å². The molecule has 1 amide bonds. The first-order valence-electron chi connectivity index (χ1n) is 12.1. The summed E-state index contributed by atoms with van der Waals surface area (Å²) in [5.41, 5.74) is 4.59. The fourth-order valence-corrected chi connectivity index (χ4v) is 5.07. The molecule has 7 nitrogen and oxygen atoms in total. The molecule has 172 valence electrons. The molecule has 7 heteroatoms. The summed E-state index contributed by atoms with van der Waals surface area (Å²) in [6.45, 7) is 7.57. The summed E-state index contributed by atoms with van der Waals surface area (Å²) in [5.74, 6) is 1.85. The van der Waals surface area contributed by atoms with Crippen molar-refractivity contribution in [2.45, 2.75) is 65.1 Å². The third-order valence-corrected chi connectivity index (χ3v) is 6.88. The molecule has 0 radical (unpaired) electrons. The van der Waals surface area contributed by atoms with Crippen LogP contribution in [0, 0.1) is 6.92 Å². The molecule has 2 aliphatic rings. The predicted octanol–water partition coefficient (Wildman–Crippen LogP) is 3.86. The van der Waals surface area contributed by atoms with Crippen molar-refractivity contribution in [3.8, 4) is 0 Å². The average molecular weight is 445 g/mol. The van der Waals surface area contributed by atoms with Crippen LogP contribution in [0.15, 0.2) is 42.7 Å². The molecule has 0 N–H and O–H groups in total. The highest BCUT2D eigenvalue weighted by Gasteiger charge is 2.33. The van der Waals surface area contributed by atoms with E-state index < -0.39 is 0 Å². The number of carbonyl (C=O) groups is 1. The van der Waals surface area contributed by atoms with Crippen molar-refractivity contribution >= 4 is 11.7 Å². The van der Waals surface area contributed by atoms with E-state index in [0.717, 1.165) is 68.2 Å². The summed E-state index contributed by atoms with van der Waals surface area (Å²) in [7, 11) is 0. The Kier molecular flexibility index (Phi) is 6.22. The number of aromatic nitrogens is 4. The largest absolute Gasteiger partial charge is 0.296 e. The zero-order chi connectivity index (χ0) is 22.8. The number of likely N-dealkylation sites (tertiary alicyclic amines) is 1. The van der Waals surface area contributed by atoms with Crippen LogP contribution in [0.1, 0.15) is 60.4 Å². The maximum atomic E-state index is 12.9. The zero-order valence-corrected chi connectivity index (χ0v) is 19.6. The molecule has 2 aliphatic heterocycles. The summed E-state index contributed by atoms with van der Waals surface area (Å²) < 4.78 is 1.97. The van der Waals surface area contributed by atoms with Gasteiger partial charge < -0.3 is 0 Å². The molecule has 0 bridgehead atoms. The minimum atomic E-state index is 0.165. The van der Waals surface area contributed by atoms with Crippen molar-refractivity contribution in [3.63, 3.8) is 0 Å². The van der Waals surface area contributed by atoms with Crippen molar-refractivity contribution in [2.75, 3.05) is 18.0 Å². The summed E-state index contributed by atoms with van der Waals surface area (Å²) in [4.78, 5) is 27.3. The molecule has 0 spiro atoms. The fourth-order valence-electron chi connectivity index (χ4n) is 5.07. The predicted molar refractivity (Wildman–Crippen MR) is 128 cm³/mol. The van der Waals surface area contributed by atoms with Gasteiger partial charge in [0.2, 0.25) is 5.91 Å². The number of nitrogens with zero attached hydrogens (tertiary/aromatic N) is 6. The molecular weight excluding hydrogens is 412 g/mol. The number of amides is 1. The third-order valence-electron chi connectivity index (χ3n) is 6.88. The fraction of sp³-hybridized carbons (Fsp3) is 0.462. The second-order valence-electron chi connectivity index (χ2n) is 9.08. The third kappa shape index (κ3) is 4.55. The van der Waals surface area contributed by atoms with Gasteiger partial charge in [0.1, 0.15) is 11.6 Å². The highest BCUT2D eigenvalue weighted by Crippen LogP contribution is 2.35. The Morgan fingerprint density at radius 2 is 1.94 bits per heavy atom. The first kappa shape index (κ1) is 21.8. The number of carbonyl (C=O) groups excluding carboxylic acids is 1. The van der Waals surface area contributed by atoms with E-state index in [1.54, 1.807) is 0 Å². The molecule has 5 rings (SSSR count). The first-order chi connectivity index (χ1) is 16.1. The molecule has 0 unspecified atom stereocenters. The van der Waals surface area contributed by atoms with E-state index in [0.29, 0.717) is 13.0 Å². The van der Waals surface area contributed by atoms with Crippen LogP contribution in [-0.2, 0) is 30.7 Å². The van der Waals surface area contributed by atoms with Gasteiger partial charge in [-0.1, -0.05) is 30.3 Å². The molecule has 1 atom stereocenters. The lowest BCUT2D eigenvalue weighted by atomic mass is 10.0. The smallest absolute Gasteiger partial charge is 0.228 e. The molecule has 4 heterocycles. The van der Waals surface area contributed by atoms with E-state index in [9.17, 15) is 4.79 Å². The van der Waals surface area contributed by atoms with Crippen LogP contribution in [0.5, 0.6) is 0 Å². The van der Waals surface area contributed by atoms with Crippen LogP contribution in [0.3, 0.4) is 0 Å². The SMILES string of the molecule is CCn1cc(CN2CCC[C@H]2c2nc(C)c3c(n2)N(CCc2ccccc2)C(=O)CC3)cn1. The number of anilines is 1. The van der Waals surface area contributed by atoms with Gasteiger partial charge in [0.05, 0.1) is 12.2 Å². The maximum Gasteiger partial charge on any atom is 0.228 e. The van der Waals surface area contributed by atoms with E-state index >= 15 is 0 Å². The standard InChI is InChI=1S/C26H32N6O/c1-3-31-18-21(16-27-31)17-30-14-7-10-23(30)25-28-19(2)22-11-12-24(33)32(26(22)29-25)15-13-20-8-5-4-6-9-20/h4-6,8-9,16,18,23H,3,7,10-15,17H2,1-2H3/t23-/m0/s1. The van der Waals surface area contributed by atoms with Gasteiger partial charge in [0.25, 0.3) is 0 Å². The summed E-state index contributed by atoms with van der Waals surface area (Å²) in [5, 5.41) is 4.42. The Bertz CT molecular complexity index is 1130. The maximum absolute atomic E-state index is 12.9. The van der Waals surface area contributed by atoms with Gasteiger partial charge in [-0.2, -0.15) is 5.10 Å². The Morgan fingerprint density at radius 1 is 1.09 bits per heavy atom. The van der Waals surface area contributed by atoms with Gasteiger partial charge >= 0.3 is 0 Å². The molecule has 1 aromatic carbocycles. The number of rotatable bonds is 7. The van der Waals surface area contributed by atoms with Crippen LogP contribution in [0.2, 0.25) is 0 Å².